The molecule has 3 rings (SSSR count). The number of aromatic nitrogens is 2. The van der Waals surface area contributed by atoms with Crippen LogP contribution in [-0.4, -0.2) is 16.7 Å². The van der Waals surface area contributed by atoms with Crippen molar-refractivity contribution < 1.29 is 4.52 Å². The maximum absolute atomic E-state index is 5.98. The molecule has 0 aliphatic carbocycles. The van der Waals surface area contributed by atoms with E-state index in [0.717, 1.165) is 18.5 Å². The molecule has 0 bridgehead atoms. The van der Waals surface area contributed by atoms with Gasteiger partial charge in [0.15, 0.2) is 0 Å². The first kappa shape index (κ1) is 12.6. The van der Waals surface area contributed by atoms with Crippen molar-refractivity contribution in [3.8, 4) is 11.4 Å². The number of hydrogen-bond donors (Lipinski definition) is 1. The highest BCUT2D eigenvalue weighted by Gasteiger charge is 2.34. The fraction of sp³-hybridized carbons (Fsp3) is 0.429. The Kier molecular flexibility index (Phi) is 3.29. The van der Waals surface area contributed by atoms with Gasteiger partial charge in [-0.1, -0.05) is 28.9 Å². The van der Waals surface area contributed by atoms with Crippen LogP contribution in [0.1, 0.15) is 32.1 Å². The molecule has 1 saturated heterocycles. The number of benzene rings is 1. The summed E-state index contributed by atoms with van der Waals surface area (Å²) in [6, 6.07) is 7.48. The third-order valence-electron chi connectivity index (χ3n) is 3.60. The summed E-state index contributed by atoms with van der Waals surface area (Å²) in [6.45, 7) is 3.10. The molecule has 1 fully saturated rings. The number of rotatable bonds is 2. The fourth-order valence-electron chi connectivity index (χ4n) is 2.43. The van der Waals surface area contributed by atoms with Gasteiger partial charge in [0.1, 0.15) is 0 Å². The molecule has 0 radical (unpaired) electrons. The Morgan fingerprint density at radius 3 is 3.00 bits per heavy atom. The van der Waals surface area contributed by atoms with Crippen molar-refractivity contribution in [2.45, 2.75) is 31.7 Å². The van der Waals surface area contributed by atoms with E-state index < -0.39 is 0 Å². The highest BCUT2D eigenvalue weighted by Crippen LogP contribution is 2.30. The van der Waals surface area contributed by atoms with E-state index in [2.05, 4.69) is 22.4 Å². The standard InChI is InChI=1S/C14H16ClN3O/c1-14(7-2-3-8-16-14)13-17-12(18-19-13)10-5-4-6-11(15)9-10/h4-6,9,16H,2-3,7-8H2,1H3. The molecule has 0 amide bonds. The first-order valence-electron chi connectivity index (χ1n) is 6.52. The molecule has 4 nitrogen and oxygen atoms in total. The van der Waals surface area contributed by atoms with E-state index in [4.69, 9.17) is 16.1 Å². The summed E-state index contributed by atoms with van der Waals surface area (Å²) in [6.07, 6.45) is 3.40. The van der Waals surface area contributed by atoms with Crippen LogP contribution in [0, 0.1) is 0 Å². The van der Waals surface area contributed by atoms with Gasteiger partial charge in [-0.25, -0.2) is 0 Å². The Balaban J connectivity index is 1.91. The van der Waals surface area contributed by atoms with Gasteiger partial charge in [0, 0.05) is 10.6 Å². The molecule has 100 valence electrons. The van der Waals surface area contributed by atoms with Crippen molar-refractivity contribution >= 4 is 11.6 Å². The van der Waals surface area contributed by atoms with E-state index in [1.807, 2.05) is 24.3 Å². The molecule has 19 heavy (non-hydrogen) atoms. The second-order valence-corrected chi connectivity index (χ2v) is 5.59. The average Bonchev–Trinajstić information content (AvgIpc) is 2.90. The minimum Gasteiger partial charge on any atom is -0.337 e. The molecule has 0 saturated carbocycles. The van der Waals surface area contributed by atoms with Gasteiger partial charge in [0.2, 0.25) is 11.7 Å². The zero-order valence-electron chi connectivity index (χ0n) is 10.8. The lowest BCUT2D eigenvalue weighted by molar-refractivity contribution is 0.207. The van der Waals surface area contributed by atoms with Crippen LogP contribution in [0.2, 0.25) is 5.02 Å². The van der Waals surface area contributed by atoms with E-state index in [9.17, 15) is 0 Å². The molecule has 5 heteroatoms. The quantitative estimate of drug-likeness (QED) is 0.914. The van der Waals surface area contributed by atoms with Crippen LogP contribution in [0.4, 0.5) is 0 Å². The van der Waals surface area contributed by atoms with E-state index in [-0.39, 0.29) is 5.54 Å². The Bertz CT molecular complexity index is 576. The second-order valence-electron chi connectivity index (χ2n) is 5.15. The van der Waals surface area contributed by atoms with Gasteiger partial charge < -0.3 is 9.84 Å². The molecular weight excluding hydrogens is 262 g/mol. The van der Waals surface area contributed by atoms with E-state index in [1.165, 1.54) is 12.8 Å². The highest BCUT2D eigenvalue weighted by atomic mass is 35.5. The third kappa shape index (κ3) is 2.51. The number of nitrogens with one attached hydrogen (secondary N) is 1. The van der Waals surface area contributed by atoms with Gasteiger partial charge >= 0.3 is 0 Å². The van der Waals surface area contributed by atoms with Crippen LogP contribution in [-0.2, 0) is 5.54 Å². The third-order valence-corrected chi connectivity index (χ3v) is 3.83. The van der Waals surface area contributed by atoms with Crippen molar-refractivity contribution in [2.24, 2.45) is 0 Å². The zero-order chi connectivity index (χ0) is 13.3. The van der Waals surface area contributed by atoms with Gasteiger partial charge in [-0.15, -0.1) is 0 Å². The predicted molar refractivity (Wildman–Crippen MR) is 73.9 cm³/mol. The van der Waals surface area contributed by atoms with Gasteiger partial charge in [-0.2, -0.15) is 4.98 Å². The van der Waals surface area contributed by atoms with Crippen molar-refractivity contribution in [1.29, 1.82) is 0 Å². The summed E-state index contributed by atoms with van der Waals surface area (Å²) >= 11 is 5.98. The van der Waals surface area contributed by atoms with Crippen LogP contribution >= 0.6 is 11.6 Å². The van der Waals surface area contributed by atoms with Crippen molar-refractivity contribution in [1.82, 2.24) is 15.5 Å². The minimum atomic E-state index is -0.206. The van der Waals surface area contributed by atoms with Crippen molar-refractivity contribution in [2.75, 3.05) is 6.54 Å². The molecule has 1 aromatic carbocycles. The van der Waals surface area contributed by atoms with Crippen molar-refractivity contribution in [3.63, 3.8) is 0 Å². The van der Waals surface area contributed by atoms with Crippen LogP contribution in [0.15, 0.2) is 28.8 Å². The molecule has 2 aromatic rings. The first-order valence-corrected chi connectivity index (χ1v) is 6.90. The molecule has 1 unspecified atom stereocenters. The maximum Gasteiger partial charge on any atom is 0.246 e. The summed E-state index contributed by atoms with van der Waals surface area (Å²) in [5.41, 5.74) is 0.670. The Morgan fingerprint density at radius 1 is 1.37 bits per heavy atom. The summed E-state index contributed by atoms with van der Waals surface area (Å²) < 4.78 is 5.43. The maximum atomic E-state index is 5.98. The fourth-order valence-corrected chi connectivity index (χ4v) is 2.62. The highest BCUT2D eigenvalue weighted by molar-refractivity contribution is 6.30. The monoisotopic (exact) mass is 277 g/mol. The lowest BCUT2D eigenvalue weighted by Gasteiger charge is -2.31. The van der Waals surface area contributed by atoms with Crippen LogP contribution in [0.5, 0.6) is 0 Å². The summed E-state index contributed by atoms with van der Waals surface area (Å²) in [5, 5.41) is 8.20. The number of halogens is 1. The molecule has 0 spiro atoms. The summed E-state index contributed by atoms with van der Waals surface area (Å²) in [5.74, 6) is 1.24. The lowest BCUT2D eigenvalue weighted by atomic mass is 9.91. The number of piperidine rings is 1. The summed E-state index contributed by atoms with van der Waals surface area (Å²) in [4.78, 5) is 4.52. The van der Waals surface area contributed by atoms with E-state index >= 15 is 0 Å². The second kappa shape index (κ2) is 4.94. The molecule has 2 heterocycles. The number of hydrogen-bond acceptors (Lipinski definition) is 4. The Morgan fingerprint density at radius 2 is 2.26 bits per heavy atom. The number of nitrogens with zero attached hydrogens (tertiary/aromatic N) is 2. The minimum absolute atomic E-state index is 0.206. The van der Waals surface area contributed by atoms with Gasteiger partial charge in [-0.05, 0) is 44.9 Å². The molecular formula is C14H16ClN3O. The SMILES string of the molecule is CC1(c2nc(-c3cccc(Cl)c3)no2)CCCCN1. The normalized spacial score (nSPS) is 23.5. The summed E-state index contributed by atoms with van der Waals surface area (Å²) in [7, 11) is 0. The zero-order valence-corrected chi connectivity index (χ0v) is 11.6. The first-order chi connectivity index (χ1) is 9.17. The lowest BCUT2D eigenvalue weighted by Crippen LogP contribution is -2.43. The van der Waals surface area contributed by atoms with Gasteiger partial charge in [0.05, 0.1) is 5.54 Å². The van der Waals surface area contributed by atoms with E-state index in [0.29, 0.717) is 16.7 Å². The average molecular weight is 278 g/mol. The largest absolute Gasteiger partial charge is 0.337 e. The van der Waals surface area contributed by atoms with Crippen LogP contribution in [0.25, 0.3) is 11.4 Å². The Labute approximate surface area is 117 Å². The van der Waals surface area contributed by atoms with Crippen molar-refractivity contribution in [3.05, 3.63) is 35.2 Å². The smallest absolute Gasteiger partial charge is 0.246 e. The molecule has 1 aliphatic rings. The molecule has 1 atom stereocenters. The molecule has 1 N–H and O–H groups in total. The van der Waals surface area contributed by atoms with Crippen LogP contribution in [0.3, 0.4) is 0 Å². The molecule has 1 aromatic heterocycles. The Hall–Kier alpha value is -1.39. The van der Waals surface area contributed by atoms with Gasteiger partial charge in [0.25, 0.3) is 0 Å². The topological polar surface area (TPSA) is 51.0 Å². The molecule has 1 aliphatic heterocycles. The van der Waals surface area contributed by atoms with E-state index in [1.54, 1.807) is 0 Å². The van der Waals surface area contributed by atoms with Crippen LogP contribution < -0.4 is 5.32 Å². The van der Waals surface area contributed by atoms with Gasteiger partial charge in [-0.3, -0.25) is 0 Å². The predicted octanol–water partition coefficient (Wildman–Crippen LogP) is 3.38.